The zero-order valence-electron chi connectivity index (χ0n) is 30.5. The topological polar surface area (TPSA) is 26.3 Å². The molecule has 0 aromatic rings. The lowest BCUT2D eigenvalue weighted by Gasteiger charge is -2.05. The van der Waals surface area contributed by atoms with Crippen molar-refractivity contribution in [3.8, 4) is 0 Å². The highest BCUT2D eigenvalue weighted by atomic mass is 16.5. The number of unbranched alkanes of at least 4 members (excludes halogenated alkanes) is 15. The predicted molar refractivity (Wildman–Crippen MR) is 197 cm³/mol. The highest BCUT2D eigenvalue weighted by Gasteiger charge is 2.02. The summed E-state index contributed by atoms with van der Waals surface area (Å²) in [7, 11) is 0. The molecule has 2 heteroatoms. The van der Waals surface area contributed by atoms with Gasteiger partial charge in [-0.3, -0.25) is 4.79 Å². The standard InChI is InChI=1S/C42H74O2/c1-7-8-9-10-11-12-13-14-15-16-17-18-19-20-21-22-23-24-25-35-42(43)44-37-36-41(6)34-28-33-40(5)32-27-31-39(4)30-26-29-38(2)3/h14-15,29,31,33,36H,7-13,16-28,30,32,34-35,37H2,1-6H3/b15-14-,39-31+,40-33+,41-36+. The van der Waals surface area contributed by atoms with Crippen molar-refractivity contribution in [2.24, 2.45) is 0 Å². The maximum Gasteiger partial charge on any atom is 0.306 e. The summed E-state index contributed by atoms with van der Waals surface area (Å²) in [5.41, 5.74) is 5.67. The maximum absolute atomic E-state index is 12.1. The molecule has 2 nitrogen and oxygen atoms in total. The molecule has 0 aromatic heterocycles. The van der Waals surface area contributed by atoms with E-state index < -0.39 is 0 Å². The van der Waals surface area contributed by atoms with Gasteiger partial charge >= 0.3 is 5.97 Å². The van der Waals surface area contributed by atoms with E-state index in [1.165, 1.54) is 125 Å². The molecule has 0 N–H and O–H groups in total. The molecule has 0 saturated heterocycles. The zero-order valence-corrected chi connectivity index (χ0v) is 30.5. The van der Waals surface area contributed by atoms with Crippen molar-refractivity contribution in [1.29, 1.82) is 0 Å². The molecule has 0 atom stereocenters. The number of hydrogen-bond donors (Lipinski definition) is 0. The Labute approximate surface area is 276 Å². The summed E-state index contributed by atoms with van der Waals surface area (Å²) in [6, 6.07) is 0. The molecular weight excluding hydrogens is 536 g/mol. The van der Waals surface area contributed by atoms with Crippen LogP contribution in [0, 0.1) is 0 Å². The van der Waals surface area contributed by atoms with Crippen LogP contribution in [0.2, 0.25) is 0 Å². The third-order valence-electron chi connectivity index (χ3n) is 8.47. The fraction of sp³-hybridized carbons (Fsp3) is 0.738. The molecule has 0 aliphatic carbocycles. The minimum atomic E-state index is -0.0463. The summed E-state index contributed by atoms with van der Waals surface area (Å²) >= 11 is 0. The van der Waals surface area contributed by atoms with Crippen LogP contribution < -0.4 is 0 Å². The SMILES string of the molecule is CCCCCCCC/C=C\CCCCCCCCCCCC(=O)OC/C=C(\C)CC/C=C(\C)CC/C=C(\C)CCC=C(C)C. The van der Waals surface area contributed by atoms with Crippen molar-refractivity contribution in [3.63, 3.8) is 0 Å². The first-order valence-electron chi connectivity index (χ1n) is 18.8. The Hall–Kier alpha value is -1.83. The number of allylic oxidation sites excluding steroid dienone is 9. The molecule has 0 aromatic carbocycles. The summed E-state index contributed by atoms with van der Waals surface area (Å²) in [6.45, 7) is 13.7. The first kappa shape index (κ1) is 42.2. The summed E-state index contributed by atoms with van der Waals surface area (Å²) < 4.78 is 5.45. The Morgan fingerprint density at radius 1 is 0.455 bits per heavy atom. The van der Waals surface area contributed by atoms with Crippen LogP contribution in [0.3, 0.4) is 0 Å². The average molecular weight is 611 g/mol. The minimum Gasteiger partial charge on any atom is -0.461 e. The highest BCUT2D eigenvalue weighted by Crippen LogP contribution is 2.15. The van der Waals surface area contributed by atoms with Crippen LogP contribution in [0.5, 0.6) is 0 Å². The lowest BCUT2D eigenvalue weighted by atomic mass is 10.0. The third kappa shape index (κ3) is 33.1. The number of carbonyl (C=O) groups is 1. The van der Waals surface area contributed by atoms with Crippen LogP contribution in [0.1, 0.15) is 196 Å². The molecular formula is C42H74O2. The van der Waals surface area contributed by atoms with Gasteiger partial charge in [-0.05, 0) is 111 Å². The molecule has 0 fully saturated rings. The molecule has 0 rings (SSSR count). The quantitative estimate of drug-likeness (QED) is 0.0459. The third-order valence-corrected chi connectivity index (χ3v) is 8.47. The van der Waals surface area contributed by atoms with E-state index in [4.69, 9.17) is 4.74 Å². The van der Waals surface area contributed by atoms with Crippen LogP contribution in [0.15, 0.2) is 58.7 Å². The Morgan fingerprint density at radius 2 is 0.864 bits per heavy atom. The first-order valence-corrected chi connectivity index (χ1v) is 18.8. The summed E-state index contributed by atoms with van der Waals surface area (Å²) in [5, 5.41) is 0. The summed E-state index contributed by atoms with van der Waals surface area (Å²) in [4.78, 5) is 12.1. The van der Waals surface area contributed by atoms with Gasteiger partial charge in [-0.25, -0.2) is 0 Å². The monoisotopic (exact) mass is 611 g/mol. The molecule has 44 heavy (non-hydrogen) atoms. The van der Waals surface area contributed by atoms with Gasteiger partial charge < -0.3 is 4.74 Å². The highest BCUT2D eigenvalue weighted by molar-refractivity contribution is 5.69. The normalized spacial score (nSPS) is 12.7. The van der Waals surface area contributed by atoms with Crippen molar-refractivity contribution in [3.05, 3.63) is 58.7 Å². The average Bonchev–Trinajstić information content (AvgIpc) is 2.98. The van der Waals surface area contributed by atoms with E-state index in [1.807, 2.05) is 0 Å². The van der Waals surface area contributed by atoms with Gasteiger partial charge in [-0.15, -0.1) is 0 Å². The second kappa shape index (κ2) is 32.6. The van der Waals surface area contributed by atoms with Gasteiger partial charge in [0.25, 0.3) is 0 Å². The number of ether oxygens (including phenoxy) is 1. The second-order valence-electron chi connectivity index (χ2n) is 13.5. The second-order valence-corrected chi connectivity index (χ2v) is 13.5. The Balaban J connectivity index is 3.62. The number of carbonyl (C=O) groups excluding carboxylic acids is 1. The zero-order chi connectivity index (χ0) is 32.5. The van der Waals surface area contributed by atoms with E-state index in [9.17, 15) is 4.79 Å². The van der Waals surface area contributed by atoms with Gasteiger partial charge in [0, 0.05) is 6.42 Å². The van der Waals surface area contributed by atoms with Gasteiger partial charge in [0.1, 0.15) is 6.61 Å². The van der Waals surface area contributed by atoms with Crippen molar-refractivity contribution < 1.29 is 9.53 Å². The van der Waals surface area contributed by atoms with Crippen molar-refractivity contribution in [2.45, 2.75) is 196 Å². The van der Waals surface area contributed by atoms with E-state index in [0.29, 0.717) is 13.0 Å². The molecule has 0 unspecified atom stereocenters. The molecule has 0 aliphatic rings. The molecule has 0 amide bonds. The van der Waals surface area contributed by atoms with Crippen LogP contribution in [-0.2, 0) is 9.53 Å². The summed E-state index contributed by atoms with van der Waals surface area (Å²) in [6.07, 6.45) is 43.5. The van der Waals surface area contributed by atoms with E-state index in [2.05, 4.69) is 78.0 Å². The number of esters is 1. The molecule has 0 radical (unpaired) electrons. The fourth-order valence-corrected chi connectivity index (χ4v) is 5.38. The van der Waals surface area contributed by atoms with Crippen LogP contribution in [0.4, 0.5) is 0 Å². The van der Waals surface area contributed by atoms with Gasteiger partial charge in [0.05, 0.1) is 0 Å². The van der Waals surface area contributed by atoms with Crippen LogP contribution in [-0.4, -0.2) is 12.6 Å². The van der Waals surface area contributed by atoms with E-state index >= 15 is 0 Å². The van der Waals surface area contributed by atoms with Gasteiger partial charge in [-0.2, -0.15) is 0 Å². The number of hydrogen-bond acceptors (Lipinski definition) is 2. The van der Waals surface area contributed by atoms with E-state index in [-0.39, 0.29) is 5.97 Å². The maximum atomic E-state index is 12.1. The van der Waals surface area contributed by atoms with Gasteiger partial charge in [0.15, 0.2) is 0 Å². The fourth-order valence-electron chi connectivity index (χ4n) is 5.38. The minimum absolute atomic E-state index is 0.0463. The summed E-state index contributed by atoms with van der Waals surface area (Å²) in [5.74, 6) is -0.0463. The molecule has 0 spiro atoms. The first-order chi connectivity index (χ1) is 21.3. The van der Waals surface area contributed by atoms with Gasteiger partial charge in [0.2, 0.25) is 0 Å². The molecule has 0 aliphatic heterocycles. The van der Waals surface area contributed by atoms with Crippen LogP contribution >= 0.6 is 0 Å². The Kier molecular flexibility index (Phi) is 31.2. The van der Waals surface area contributed by atoms with E-state index in [1.54, 1.807) is 0 Å². The molecule has 0 bridgehead atoms. The lowest BCUT2D eigenvalue weighted by molar-refractivity contribution is -0.142. The molecule has 254 valence electrons. The lowest BCUT2D eigenvalue weighted by Crippen LogP contribution is -2.04. The van der Waals surface area contributed by atoms with Crippen molar-refractivity contribution >= 4 is 5.97 Å². The number of rotatable bonds is 30. The molecule has 0 saturated carbocycles. The Morgan fingerprint density at radius 3 is 1.34 bits per heavy atom. The molecule has 0 heterocycles. The Bertz CT molecular complexity index is 819. The van der Waals surface area contributed by atoms with Gasteiger partial charge in [-0.1, -0.05) is 137 Å². The predicted octanol–water partition coefficient (Wildman–Crippen LogP) is 14.3. The van der Waals surface area contributed by atoms with Crippen molar-refractivity contribution in [2.75, 3.05) is 6.61 Å². The van der Waals surface area contributed by atoms with E-state index in [0.717, 1.165) is 44.9 Å². The van der Waals surface area contributed by atoms with Crippen molar-refractivity contribution in [1.82, 2.24) is 0 Å². The van der Waals surface area contributed by atoms with Crippen LogP contribution in [0.25, 0.3) is 0 Å². The largest absolute Gasteiger partial charge is 0.461 e. The smallest absolute Gasteiger partial charge is 0.306 e.